The minimum absolute atomic E-state index is 0.0207. The van der Waals surface area contributed by atoms with Crippen LogP contribution in [0.4, 0.5) is 0 Å². The van der Waals surface area contributed by atoms with Crippen LogP contribution in [0.3, 0.4) is 0 Å². The predicted octanol–water partition coefficient (Wildman–Crippen LogP) is 6.27. The van der Waals surface area contributed by atoms with Crippen LogP contribution in [0.5, 0.6) is 0 Å². The fourth-order valence-corrected chi connectivity index (χ4v) is 7.01. The SMILES string of the molecule is CC.CC.CC.CCCCOCCOCCC(=O)NC(C)(C)CCCCC(NC(=O)C(C)(C)CC(C)(C)CC(=O)O)C(=O)O.CSCC(=O)NCCN(CCNC(=O)CSC)C(=O)CCC(N)=O. The third-order valence-electron chi connectivity index (χ3n) is 9.18. The summed E-state index contributed by atoms with van der Waals surface area (Å²) in [6.45, 7) is 28.2. The number of thioether (sulfide) groups is 2. The van der Waals surface area contributed by atoms with Crippen LogP contribution in [0.15, 0.2) is 0 Å². The first-order chi connectivity index (χ1) is 31.9. The second-order valence-electron chi connectivity index (χ2n) is 17.1. The van der Waals surface area contributed by atoms with Gasteiger partial charge >= 0.3 is 11.9 Å². The maximum absolute atomic E-state index is 12.9. The third-order valence-corrected chi connectivity index (χ3v) is 10.3. The molecule has 0 saturated carbocycles. The van der Waals surface area contributed by atoms with Gasteiger partial charge in [-0.1, -0.05) is 95.4 Å². The van der Waals surface area contributed by atoms with Gasteiger partial charge in [0.2, 0.25) is 35.4 Å². The van der Waals surface area contributed by atoms with Crippen molar-refractivity contribution in [3.8, 4) is 0 Å². The zero-order valence-electron chi connectivity index (χ0n) is 44.7. The molecule has 1 unspecified atom stereocenters. The fourth-order valence-electron chi connectivity index (χ4n) is 6.28. The molecule has 0 spiro atoms. The van der Waals surface area contributed by atoms with Crippen molar-refractivity contribution in [2.45, 2.75) is 172 Å². The number of ether oxygens (including phenoxy) is 2. The topological polar surface area (TPSA) is 273 Å². The molecule has 402 valence electrons. The highest BCUT2D eigenvalue weighted by atomic mass is 32.2. The standard InChI is InChI=1S/C28H52N2O8.C14H26N4O4S2.3C2H6/c1-8-9-15-37-17-18-38-16-13-22(31)30-28(6,7)14-11-10-12-21(24(34)35)29-25(36)27(4,5)20-26(2,3)19-23(32)33;1-23-9-12(20)16-5-7-18(14(22)4-3-11(15)19)8-6-17-13(21)10-24-2;3*1-2/h21H,8-20H2,1-7H3,(H,29,36)(H,30,31)(H,32,33)(H,34,35);3-10H2,1-2H3,(H2,15,19)(H,16,20)(H,17,21);3*1-2H3. The molecule has 0 aliphatic carbocycles. The van der Waals surface area contributed by atoms with Crippen molar-refractivity contribution in [2.75, 3.05) is 76.6 Å². The van der Waals surface area contributed by atoms with Crippen LogP contribution in [0.25, 0.3) is 0 Å². The smallest absolute Gasteiger partial charge is 0.326 e. The van der Waals surface area contributed by atoms with Crippen LogP contribution in [-0.4, -0.2) is 151 Å². The van der Waals surface area contributed by atoms with E-state index in [4.69, 9.17) is 20.3 Å². The maximum Gasteiger partial charge on any atom is 0.326 e. The largest absolute Gasteiger partial charge is 0.481 e. The van der Waals surface area contributed by atoms with Crippen LogP contribution in [-0.2, 0) is 47.8 Å². The minimum atomic E-state index is -1.11. The molecule has 0 bridgehead atoms. The van der Waals surface area contributed by atoms with Gasteiger partial charge in [0, 0.05) is 63.0 Å². The summed E-state index contributed by atoms with van der Waals surface area (Å²) in [4.78, 5) is 95.3. The molecule has 0 rings (SSSR count). The summed E-state index contributed by atoms with van der Waals surface area (Å²) in [6, 6.07) is -1.04. The molecule has 68 heavy (non-hydrogen) atoms. The summed E-state index contributed by atoms with van der Waals surface area (Å²) in [5.74, 6) is -2.80. The number of aliphatic carboxylic acids is 2. The first-order valence-electron chi connectivity index (χ1n) is 24.2. The van der Waals surface area contributed by atoms with E-state index in [1.807, 2.05) is 67.9 Å². The van der Waals surface area contributed by atoms with Gasteiger partial charge in [-0.15, -0.1) is 0 Å². The molecular weight excluding hydrogens is 917 g/mol. The summed E-state index contributed by atoms with van der Waals surface area (Å²) < 4.78 is 10.9. The number of carbonyl (C=O) groups is 8. The summed E-state index contributed by atoms with van der Waals surface area (Å²) in [7, 11) is 0. The molecule has 20 heteroatoms. The number of rotatable bonds is 35. The van der Waals surface area contributed by atoms with Crippen molar-refractivity contribution in [3.63, 3.8) is 0 Å². The Labute approximate surface area is 419 Å². The molecule has 1 atom stereocenters. The molecular formula is C48H96N6O12S2. The van der Waals surface area contributed by atoms with Crippen molar-refractivity contribution < 1.29 is 58.0 Å². The predicted molar refractivity (Wildman–Crippen MR) is 278 cm³/mol. The van der Waals surface area contributed by atoms with E-state index in [9.17, 15) is 43.5 Å². The summed E-state index contributed by atoms with van der Waals surface area (Å²) in [5.41, 5.74) is 3.06. The van der Waals surface area contributed by atoms with Crippen molar-refractivity contribution >= 4 is 70.9 Å². The van der Waals surface area contributed by atoms with Crippen molar-refractivity contribution in [3.05, 3.63) is 0 Å². The Kier molecular flexibility index (Phi) is 49.4. The average molecular weight is 1010 g/mol. The highest BCUT2D eigenvalue weighted by molar-refractivity contribution is 7.99. The number of nitrogens with one attached hydrogen (secondary N) is 4. The molecule has 6 amide bonds. The number of nitrogens with zero attached hydrogens (tertiary/aromatic N) is 1. The molecule has 0 aromatic rings. The molecule has 0 saturated heterocycles. The van der Waals surface area contributed by atoms with Crippen molar-refractivity contribution in [2.24, 2.45) is 16.6 Å². The number of nitrogens with two attached hydrogens (primary N) is 1. The number of hydrogen-bond acceptors (Lipinski definition) is 12. The van der Waals surface area contributed by atoms with Crippen molar-refractivity contribution in [1.82, 2.24) is 26.2 Å². The number of primary amides is 1. The van der Waals surface area contributed by atoms with Gasteiger partial charge in [-0.3, -0.25) is 33.6 Å². The Hall–Kier alpha value is -3.62. The number of hydrogen-bond donors (Lipinski definition) is 7. The molecule has 0 heterocycles. The van der Waals surface area contributed by atoms with Gasteiger partial charge in [0.15, 0.2) is 0 Å². The second kappa shape index (κ2) is 45.8. The van der Waals surface area contributed by atoms with Gasteiger partial charge in [0.1, 0.15) is 6.04 Å². The number of carboxylic acid groups (broad SMARTS) is 2. The summed E-state index contributed by atoms with van der Waals surface area (Å²) in [6.07, 6.45) is 8.38. The van der Waals surface area contributed by atoms with Gasteiger partial charge in [0.05, 0.1) is 37.7 Å². The zero-order chi connectivity index (χ0) is 53.8. The van der Waals surface area contributed by atoms with Crippen LogP contribution < -0.4 is 27.0 Å². The first kappa shape index (κ1) is 73.3. The lowest BCUT2D eigenvalue weighted by Crippen LogP contribution is -2.48. The second-order valence-corrected chi connectivity index (χ2v) is 18.8. The van der Waals surface area contributed by atoms with Crippen molar-refractivity contribution in [1.29, 1.82) is 0 Å². The number of carbonyl (C=O) groups excluding carboxylic acids is 6. The van der Waals surface area contributed by atoms with E-state index in [1.54, 1.807) is 27.7 Å². The van der Waals surface area contributed by atoms with Crippen LogP contribution >= 0.6 is 23.5 Å². The Morgan fingerprint density at radius 1 is 0.676 bits per heavy atom. The molecule has 18 nitrogen and oxygen atoms in total. The quantitative estimate of drug-likeness (QED) is 0.0345. The Bertz CT molecular complexity index is 1360. The molecule has 0 fully saturated rings. The van der Waals surface area contributed by atoms with Gasteiger partial charge in [-0.25, -0.2) is 4.79 Å². The maximum atomic E-state index is 12.9. The summed E-state index contributed by atoms with van der Waals surface area (Å²) in [5, 5.41) is 29.8. The minimum Gasteiger partial charge on any atom is -0.481 e. The molecule has 0 aliphatic heterocycles. The third kappa shape index (κ3) is 46.1. The lowest BCUT2D eigenvalue weighted by molar-refractivity contribution is -0.144. The van der Waals surface area contributed by atoms with Gasteiger partial charge < -0.3 is 51.6 Å². The van der Waals surface area contributed by atoms with E-state index in [0.29, 0.717) is 83.2 Å². The van der Waals surface area contributed by atoms with Gasteiger partial charge in [-0.2, -0.15) is 23.5 Å². The van der Waals surface area contributed by atoms with Gasteiger partial charge in [0.25, 0.3) is 0 Å². The number of amides is 6. The Morgan fingerprint density at radius 2 is 1.18 bits per heavy atom. The summed E-state index contributed by atoms with van der Waals surface area (Å²) >= 11 is 2.83. The Balaban J connectivity index is -0.000000378. The first-order valence-corrected chi connectivity index (χ1v) is 27.0. The van der Waals surface area contributed by atoms with E-state index >= 15 is 0 Å². The normalized spacial score (nSPS) is 11.2. The highest BCUT2D eigenvalue weighted by Crippen LogP contribution is 2.36. The molecule has 8 N–H and O–H groups in total. The highest BCUT2D eigenvalue weighted by Gasteiger charge is 2.37. The zero-order valence-corrected chi connectivity index (χ0v) is 46.4. The van der Waals surface area contributed by atoms with E-state index in [-0.39, 0.29) is 55.7 Å². The van der Waals surface area contributed by atoms with E-state index in [2.05, 4.69) is 28.2 Å². The molecule has 0 aliphatic rings. The molecule has 0 aromatic heterocycles. The monoisotopic (exact) mass is 1010 g/mol. The average Bonchev–Trinajstić information content (AvgIpc) is 3.25. The lowest BCUT2D eigenvalue weighted by Gasteiger charge is -2.33. The fraction of sp³-hybridized carbons (Fsp3) is 0.833. The molecule has 0 radical (unpaired) electrons. The van der Waals surface area contributed by atoms with Crippen LogP contribution in [0, 0.1) is 10.8 Å². The van der Waals surface area contributed by atoms with Crippen LogP contribution in [0.2, 0.25) is 0 Å². The van der Waals surface area contributed by atoms with E-state index in [1.165, 1.54) is 28.4 Å². The lowest BCUT2D eigenvalue weighted by atomic mass is 9.73. The number of unbranched alkanes of at least 4 members (excludes halogenated alkanes) is 2. The Morgan fingerprint density at radius 3 is 1.62 bits per heavy atom. The molecule has 0 aromatic carbocycles. The van der Waals surface area contributed by atoms with E-state index < -0.39 is 46.2 Å². The number of carboxylic acids is 2. The van der Waals surface area contributed by atoms with E-state index in [0.717, 1.165) is 19.4 Å². The van der Waals surface area contributed by atoms with Gasteiger partial charge in [-0.05, 0) is 57.5 Å². The van der Waals surface area contributed by atoms with Crippen LogP contribution in [0.1, 0.15) is 161 Å².